The van der Waals surface area contributed by atoms with Crippen LogP contribution in [0.1, 0.15) is 37.1 Å². The number of aromatic carboxylic acids is 1. The number of amides is 3. The number of carboxylic acids is 1. The van der Waals surface area contributed by atoms with Crippen LogP contribution in [0.3, 0.4) is 0 Å². The fourth-order valence-electron chi connectivity index (χ4n) is 4.45. The lowest BCUT2D eigenvalue weighted by Gasteiger charge is -2.18. The van der Waals surface area contributed by atoms with E-state index in [-0.39, 0.29) is 17.2 Å². The van der Waals surface area contributed by atoms with Gasteiger partial charge in [0.05, 0.1) is 5.56 Å². The van der Waals surface area contributed by atoms with Crippen LogP contribution in [-0.2, 0) is 9.59 Å². The van der Waals surface area contributed by atoms with Gasteiger partial charge in [-0.25, -0.2) is 4.79 Å². The second kappa shape index (κ2) is 15.2. The van der Waals surface area contributed by atoms with Crippen molar-refractivity contribution < 1.29 is 24.3 Å². The maximum atomic E-state index is 13.4. The predicted octanol–water partition coefficient (Wildman–Crippen LogP) is 7.27. The Morgan fingerprint density at radius 2 is 1.24 bits per heavy atom. The van der Waals surface area contributed by atoms with Crippen molar-refractivity contribution in [1.29, 1.82) is 0 Å². The Balaban J connectivity index is 1.32. The highest BCUT2D eigenvalue weighted by atomic mass is 32.2. The number of rotatable bonds is 11. The summed E-state index contributed by atoms with van der Waals surface area (Å²) in [5, 5.41) is 17.1. The number of carboxylic acid groups (broad SMARTS) is 1. The summed E-state index contributed by atoms with van der Waals surface area (Å²) >= 11 is 1.31. The van der Waals surface area contributed by atoms with Crippen molar-refractivity contribution in [3.8, 4) is 0 Å². The zero-order chi connectivity index (χ0) is 32.3. The summed E-state index contributed by atoms with van der Waals surface area (Å²) in [6.45, 7) is 0. The fourth-order valence-corrected chi connectivity index (χ4v) is 5.47. The largest absolute Gasteiger partial charge is 0.478 e. The normalized spacial score (nSPS) is 11.6. The average Bonchev–Trinajstić information content (AvgIpc) is 3.09. The molecular formula is C37H29N3O5S. The number of anilines is 2. The SMILES string of the molecule is O=C(Nc1ccc(SC(C(=O)Nc2cccc(C(=O)O)c2)c2ccccc2)cc1)/C(=C/c1ccccc1)NC(=O)c1ccccc1. The van der Waals surface area contributed by atoms with E-state index in [1.807, 2.05) is 60.7 Å². The molecular weight excluding hydrogens is 598 g/mol. The lowest BCUT2D eigenvalue weighted by Crippen LogP contribution is -2.30. The summed E-state index contributed by atoms with van der Waals surface area (Å²) in [7, 11) is 0. The summed E-state index contributed by atoms with van der Waals surface area (Å²) in [5.41, 5.74) is 2.94. The van der Waals surface area contributed by atoms with Gasteiger partial charge in [-0.3, -0.25) is 14.4 Å². The minimum atomic E-state index is -1.08. The monoisotopic (exact) mass is 627 g/mol. The van der Waals surface area contributed by atoms with Crippen LogP contribution in [0.15, 0.2) is 150 Å². The maximum Gasteiger partial charge on any atom is 0.335 e. The first-order chi connectivity index (χ1) is 22.4. The van der Waals surface area contributed by atoms with Gasteiger partial charge >= 0.3 is 5.97 Å². The van der Waals surface area contributed by atoms with Gasteiger partial charge in [-0.2, -0.15) is 0 Å². The summed E-state index contributed by atoms with van der Waals surface area (Å²) in [4.78, 5) is 51.9. The molecule has 1 unspecified atom stereocenters. The van der Waals surface area contributed by atoms with E-state index in [9.17, 15) is 24.3 Å². The molecule has 0 aromatic heterocycles. The Bertz CT molecular complexity index is 1860. The minimum absolute atomic E-state index is 0.0701. The number of carbonyl (C=O) groups excluding carboxylic acids is 3. The highest BCUT2D eigenvalue weighted by molar-refractivity contribution is 8.00. The van der Waals surface area contributed by atoms with E-state index < -0.39 is 23.0 Å². The molecule has 1 atom stereocenters. The van der Waals surface area contributed by atoms with Crippen molar-refractivity contribution in [2.75, 3.05) is 10.6 Å². The molecule has 5 rings (SSSR count). The molecule has 8 nitrogen and oxygen atoms in total. The Morgan fingerprint density at radius 3 is 1.89 bits per heavy atom. The molecule has 0 radical (unpaired) electrons. The molecule has 9 heteroatoms. The van der Waals surface area contributed by atoms with Crippen LogP contribution in [0.5, 0.6) is 0 Å². The summed E-state index contributed by atoms with van der Waals surface area (Å²) in [5.74, 6) is -2.32. The van der Waals surface area contributed by atoms with Gasteiger partial charge in [0.2, 0.25) is 5.91 Å². The Hall–Kier alpha value is -5.93. The molecule has 228 valence electrons. The number of carbonyl (C=O) groups is 4. The van der Waals surface area contributed by atoms with E-state index in [1.165, 1.54) is 23.9 Å². The molecule has 0 aliphatic heterocycles. The molecule has 3 amide bonds. The van der Waals surface area contributed by atoms with Crippen LogP contribution in [0, 0.1) is 0 Å². The third kappa shape index (κ3) is 8.58. The molecule has 0 fully saturated rings. The average molecular weight is 628 g/mol. The summed E-state index contributed by atoms with van der Waals surface area (Å²) in [6, 6.07) is 40.2. The van der Waals surface area contributed by atoms with Crippen LogP contribution >= 0.6 is 11.8 Å². The van der Waals surface area contributed by atoms with Gasteiger partial charge in [0.25, 0.3) is 11.8 Å². The molecule has 0 aliphatic carbocycles. The Morgan fingerprint density at radius 1 is 0.630 bits per heavy atom. The molecule has 5 aromatic rings. The van der Waals surface area contributed by atoms with Crippen molar-refractivity contribution in [2.45, 2.75) is 10.1 Å². The molecule has 0 saturated carbocycles. The third-order valence-electron chi connectivity index (χ3n) is 6.72. The zero-order valence-electron chi connectivity index (χ0n) is 24.4. The van der Waals surface area contributed by atoms with Crippen LogP contribution in [0.2, 0.25) is 0 Å². The summed E-state index contributed by atoms with van der Waals surface area (Å²) < 4.78 is 0. The first kappa shape index (κ1) is 31.5. The third-order valence-corrected chi connectivity index (χ3v) is 7.99. The van der Waals surface area contributed by atoms with Crippen molar-refractivity contribution >= 4 is 52.9 Å². The van der Waals surface area contributed by atoms with E-state index in [0.29, 0.717) is 16.9 Å². The standard InChI is InChI=1S/C37H29N3O5S/c41-34(27-15-8-3-9-16-27)40-32(23-25-11-4-1-5-12-25)35(42)38-29-19-21-31(22-20-29)46-33(26-13-6-2-7-14-26)36(43)39-30-18-10-17-28(24-30)37(44)45/h1-24,33H,(H,38,42)(H,39,43)(H,40,41)(H,44,45)/b32-23-. The van der Waals surface area contributed by atoms with Gasteiger partial charge in [-0.15, -0.1) is 11.8 Å². The quantitative estimate of drug-likeness (QED) is 0.0902. The van der Waals surface area contributed by atoms with Crippen molar-refractivity contribution in [3.05, 3.63) is 167 Å². The second-order valence-corrected chi connectivity index (χ2v) is 11.2. The van der Waals surface area contributed by atoms with Gasteiger partial charge in [0.15, 0.2) is 0 Å². The first-order valence-electron chi connectivity index (χ1n) is 14.3. The van der Waals surface area contributed by atoms with Crippen LogP contribution < -0.4 is 16.0 Å². The molecule has 0 aliphatic rings. The fraction of sp³-hybridized carbons (Fsp3) is 0.0270. The van der Waals surface area contributed by atoms with Gasteiger partial charge in [-0.05, 0) is 71.8 Å². The Labute approximate surface area is 270 Å². The van der Waals surface area contributed by atoms with Crippen LogP contribution in [-0.4, -0.2) is 28.8 Å². The number of hydrogen-bond acceptors (Lipinski definition) is 5. The number of thioether (sulfide) groups is 1. The van der Waals surface area contributed by atoms with E-state index >= 15 is 0 Å². The lowest BCUT2D eigenvalue weighted by atomic mass is 10.1. The molecule has 5 aromatic carbocycles. The molecule has 0 spiro atoms. The van der Waals surface area contributed by atoms with Gasteiger partial charge in [0, 0.05) is 21.8 Å². The topological polar surface area (TPSA) is 125 Å². The minimum Gasteiger partial charge on any atom is -0.478 e. The van der Waals surface area contributed by atoms with E-state index in [4.69, 9.17) is 0 Å². The Kier molecular flexibility index (Phi) is 10.4. The predicted molar refractivity (Wildman–Crippen MR) is 180 cm³/mol. The lowest BCUT2D eigenvalue weighted by molar-refractivity contribution is -0.116. The first-order valence-corrected chi connectivity index (χ1v) is 15.1. The molecule has 0 bridgehead atoms. The molecule has 46 heavy (non-hydrogen) atoms. The van der Waals surface area contributed by atoms with Crippen LogP contribution in [0.4, 0.5) is 11.4 Å². The number of nitrogens with one attached hydrogen (secondary N) is 3. The maximum absolute atomic E-state index is 13.4. The van der Waals surface area contributed by atoms with E-state index in [2.05, 4.69) is 16.0 Å². The van der Waals surface area contributed by atoms with E-state index in [0.717, 1.165) is 16.0 Å². The zero-order valence-corrected chi connectivity index (χ0v) is 25.2. The molecule has 0 saturated heterocycles. The van der Waals surface area contributed by atoms with E-state index in [1.54, 1.807) is 72.8 Å². The summed E-state index contributed by atoms with van der Waals surface area (Å²) in [6.07, 6.45) is 1.61. The van der Waals surface area contributed by atoms with Crippen LogP contribution in [0.25, 0.3) is 6.08 Å². The molecule has 0 heterocycles. The van der Waals surface area contributed by atoms with Gasteiger partial charge in [-0.1, -0.05) is 84.9 Å². The number of hydrogen-bond donors (Lipinski definition) is 4. The smallest absolute Gasteiger partial charge is 0.335 e. The highest BCUT2D eigenvalue weighted by Gasteiger charge is 2.23. The van der Waals surface area contributed by atoms with Crippen molar-refractivity contribution in [3.63, 3.8) is 0 Å². The van der Waals surface area contributed by atoms with Gasteiger partial charge < -0.3 is 21.1 Å². The van der Waals surface area contributed by atoms with Crippen molar-refractivity contribution in [2.24, 2.45) is 0 Å². The highest BCUT2D eigenvalue weighted by Crippen LogP contribution is 2.37. The molecule has 4 N–H and O–H groups in total. The number of benzene rings is 5. The van der Waals surface area contributed by atoms with Gasteiger partial charge in [0.1, 0.15) is 10.9 Å². The second-order valence-electron chi connectivity index (χ2n) is 10.1. The van der Waals surface area contributed by atoms with Crippen molar-refractivity contribution in [1.82, 2.24) is 5.32 Å².